The van der Waals surface area contributed by atoms with Crippen LogP contribution < -0.4 is 4.74 Å². The topological polar surface area (TPSA) is 95.5 Å². The fraction of sp³-hybridized carbons (Fsp3) is 0.389. The SMILES string of the molecule is Cc1ccc(C)c(OCC(=O)N2Cc3[nH]cnc3C[C@H]2C(=O)O)c1C. The van der Waals surface area contributed by atoms with Crippen LogP contribution in [0.3, 0.4) is 0 Å². The minimum Gasteiger partial charge on any atom is -0.483 e. The van der Waals surface area contributed by atoms with Crippen molar-refractivity contribution in [3.63, 3.8) is 0 Å². The number of imidazole rings is 1. The second-order valence-corrected chi connectivity index (χ2v) is 6.35. The van der Waals surface area contributed by atoms with Crippen LogP contribution in [-0.2, 0) is 22.6 Å². The van der Waals surface area contributed by atoms with Gasteiger partial charge >= 0.3 is 5.97 Å². The van der Waals surface area contributed by atoms with Crippen molar-refractivity contribution < 1.29 is 19.4 Å². The van der Waals surface area contributed by atoms with Crippen LogP contribution in [-0.4, -0.2) is 44.5 Å². The number of hydrogen-bond donors (Lipinski definition) is 2. The molecule has 0 saturated carbocycles. The van der Waals surface area contributed by atoms with E-state index in [-0.39, 0.29) is 25.5 Å². The number of nitrogens with one attached hydrogen (secondary N) is 1. The van der Waals surface area contributed by atoms with Crippen LogP contribution in [0, 0.1) is 20.8 Å². The monoisotopic (exact) mass is 343 g/mol. The Morgan fingerprint density at radius 1 is 1.32 bits per heavy atom. The van der Waals surface area contributed by atoms with Gasteiger partial charge in [0.1, 0.15) is 11.8 Å². The number of nitrogens with zero attached hydrogens (tertiary/aromatic N) is 2. The van der Waals surface area contributed by atoms with Crippen LogP contribution in [0.1, 0.15) is 28.1 Å². The number of aromatic amines is 1. The molecule has 1 aromatic heterocycles. The number of H-pyrrole nitrogens is 1. The Morgan fingerprint density at radius 2 is 2.04 bits per heavy atom. The van der Waals surface area contributed by atoms with Gasteiger partial charge in [0.15, 0.2) is 6.61 Å². The molecule has 0 radical (unpaired) electrons. The lowest BCUT2D eigenvalue weighted by atomic mass is 10.0. The Bertz CT molecular complexity index is 828. The summed E-state index contributed by atoms with van der Waals surface area (Å²) in [6, 6.07) is 3.02. The van der Waals surface area contributed by atoms with Crippen LogP contribution in [0.25, 0.3) is 0 Å². The summed E-state index contributed by atoms with van der Waals surface area (Å²) in [4.78, 5) is 32.6. The Hall–Kier alpha value is -2.83. The van der Waals surface area contributed by atoms with E-state index < -0.39 is 12.0 Å². The third-order valence-electron chi connectivity index (χ3n) is 4.72. The highest BCUT2D eigenvalue weighted by molar-refractivity contribution is 5.85. The van der Waals surface area contributed by atoms with Crippen LogP contribution in [0.15, 0.2) is 18.5 Å². The van der Waals surface area contributed by atoms with E-state index in [2.05, 4.69) is 9.97 Å². The van der Waals surface area contributed by atoms with Crippen molar-refractivity contribution in [2.24, 2.45) is 0 Å². The average molecular weight is 343 g/mol. The van der Waals surface area contributed by atoms with Crippen molar-refractivity contribution in [1.29, 1.82) is 0 Å². The van der Waals surface area contributed by atoms with Crippen LogP contribution >= 0.6 is 0 Å². The Balaban J connectivity index is 1.76. The maximum Gasteiger partial charge on any atom is 0.326 e. The molecule has 0 fully saturated rings. The molecule has 0 aliphatic carbocycles. The largest absolute Gasteiger partial charge is 0.483 e. The number of aromatic nitrogens is 2. The Labute approximate surface area is 145 Å². The molecule has 0 bridgehead atoms. The maximum absolute atomic E-state index is 12.6. The molecule has 0 saturated heterocycles. The summed E-state index contributed by atoms with van der Waals surface area (Å²) in [6.45, 7) is 5.84. The highest BCUT2D eigenvalue weighted by Gasteiger charge is 2.36. The molecule has 1 amide bonds. The summed E-state index contributed by atoms with van der Waals surface area (Å²) in [5.41, 5.74) is 4.48. The minimum absolute atomic E-state index is 0.195. The standard InChI is InChI=1S/C18H21N3O4/c1-10-4-5-11(2)17(12(10)3)25-8-16(22)21-7-14-13(19-9-20-14)6-15(21)18(23)24/h4-5,9,15H,6-8H2,1-3H3,(H,19,20)(H,23,24)/t15-/m0/s1. The first-order valence-corrected chi connectivity index (χ1v) is 8.11. The number of fused-ring (bicyclic) bond motifs is 1. The fourth-order valence-corrected chi connectivity index (χ4v) is 3.08. The molecule has 132 valence electrons. The molecule has 3 rings (SSSR count). The van der Waals surface area contributed by atoms with E-state index in [0.29, 0.717) is 11.4 Å². The van der Waals surface area contributed by atoms with Crippen LogP contribution in [0.4, 0.5) is 0 Å². The van der Waals surface area contributed by atoms with Crippen molar-refractivity contribution in [1.82, 2.24) is 14.9 Å². The lowest BCUT2D eigenvalue weighted by molar-refractivity contribution is -0.152. The molecule has 1 aliphatic rings. The zero-order valence-electron chi connectivity index (χ0n) is 14.5. The lowest BCUT2D eigenvalue weighted by Gasteiger charge is -2.32. The second-order valence-electron chi connectivity index (χ2n) is 6.35. The molecule has 0 spiro atoms. The second kappa shape index (κ2) is 6.58. The summed E-state index contributed by atoms with van der Waals surface area (Å²) < 4.78 is 5.75. The number of aliphatic carboxylic acids is 1. The molecule has 7 heteroatoms. The number of amides is 1. The highest BCUT2D eigenvalue weighted by atomic mass is 16.5. The van der Waals surface area contributed by atoms with Crippen molar-refractivity contribution in [3.8, 4) is 5.75 Å². The number of ether oxygens (including phenoxy) is 1. The van der Waals surface area contributed by atoms with E-state index in [1.54, 1.807) is 0 Å². The average Bonchev–Trinajstić information content (AvgIpc) is 3.04. The predicted octanol–water partition coefficient (Wildman–Crippen LogP) is 1.75. The normalized spacial score (nSPS) is 16.4. The number of rotatable bonds is 4. The van der Waals surface area contributed by atoms with Crippen LogP contribution in [0.5, 0.6) is 5.75 Å². The third-order valence-corrected chi connectivity index (χ3v) is 4.72. The molecule has 2 N–H and O–H groups in total. The fourth-order valence-electron chi connectivity index (χ4n) is 3.08. The van der Waals surface area contributed by atoms with Crippen molar-refractivity contribution in [2.45, 2.75) is 39.8 Å². The molecule has 2 heterocycles. The number of carboxylic acid groups (broad SMARTS) is 1. The van der Waals surface area contributed by atoms with Gasteiger partial charge in [0, 0.05) is 6.42 Å². The summed E-state index contributed by atoms with van der Waals surface area (Å²) in [6.07, 6.45) is 1.72. The van der Waals surface area contributed by atoms with Gasteiger partial charge in [0.05, 0.1) is 24.3 Å². The van der Waals surface area contributed by atoms with Gasteiger partial charge in [-0.15, -0.1) is 0 Å². The summed E-state index contributed by atoms with van der Waals surface area (Å²) in [5, 5.41) is 9.46. The quantitative estimate of drug-likeness (QED) is 0.882. The van der Waals surface area contributed by atoms with E-state index in [0.717, 1.165) is 22.4 Å². The number of hydrogen-bond acceptors (Lipinski definition) is 4. The van der Waals surface area contributed by atoms with E-state index in [1.165, 1.54) is 11.2 Å². The molecular weight excluding hydrogens is 322 g/mol. The molecule has 1 aromatic carbocycles. The lowest BCUT2D eigenvalue weighted by Crippen LogP contribution is -2.50. The van der Waals surface area contributed by atoms with Gasteiger partial charge in [-0.25, -0.2) is 9.78 Å². The molecule has 1 atom stereocenters. The number of aryl methyl sites for hydroxylation is 2. The molecule has 2 aromatic rings. The first-order chi connectivity index (χ1) is 11.9. The molecule has 7 nitrogen and oxygen atoms in total. The molecular formula is C18H21N3O4. The molecule has 0 unspecified atom stereocenters. The molecule has 25 heavy (non-hydrogen) atoms. The van der Waals surface area contributed by atoms with Gasteiger partial charge in [0.25, 0.3) is 5.91 Å². The van der Waals surface area contributed by atoms with Crippen molar-refractivity contribution >= 4 is 11.9 Å². The first kappa shape index (κ1) is 17.0. The summed E-state index contributed by atoms with van der Waals surface area (Å²) in [5.74, 6) is -0.711. The summed E-state index contributed by atoms with van der Waals surface area (Å²) >= 11 is 0. The van der Waals surface area contributed by atoms with E-state index in [4.69, 9.17) is 4.74 Å². The number of benzene rings is 1. The van der Waals surface area contributed by atoms with Crippen molar-refractivity contribution in [3.05, 3.63) is 46.5 Å². The van der Waals surface area contributed by atoms with E-state index in [1.807, 2.05) is 32.9 Å². The van der Waals surface area contributed by atoms with Crippen molar-refractivity contribution in [2.75, 3.05) is 6.61 Å². The minimum atomic E-state index is -1.04. The molecule has 1 aliphatic heterocycles. The predicted molar refractivity (Wildman–Crippen MR) is 90.4 cm³/mol. The van der Waals surface area contributed by atoms with Gasteiger partial charge in [-0.1, -0.05) is 12.1 Å². The van der Waals surface area contributed by atoms with Gasteiger partial charge in [-0.3, -0.25) is 4.79 Å². The summed E-state index contributed by atoms with van der Waals surface area (Å²) in [7, 11) is 0. The maximum atomic E-state index is 12.6. The third kappa shape index (κ3) is 3.22. The smallest absolute Gasteiger partial charge is 0.326 e. The van der Waals surface area contributed by atoms with Crippen LogP contribution in [0.2, 0.25) is 0 Å². The van der Waals surface area contributed by atoms with Gasteiger partial charge in [-0.2, -0.15) is 0 Å². The zero-order chi connectivity index (χ0) is 18.1. The first-order valence-electron chi connectivity index (χ1n) is 8.11. The van der Waals surface area contributed by atoms with Gasteiger partial charge < -0.3 is 19.7 Å². The zero-order valence-corrected chi connectivity index (χ0v) is 14.5. The van der Waals surface area contributed by atoms with E-state index in [9.17, 15) is 14.7 Å². The Morgan fingerprint density at radius 3 is 2.76 bits per heavy atom. The Kier molecular flexibility index (Phi) is 4.48. The number of carboxylic acids is 1. The number of carbonyl (C=O) groups is 2. The number of carbonyl (C=O) groups excluding carboxylic acids is 1. The highest BCUT2D eigenvalue weighted by Crippen LogP contribution is 2.26. The van der Waals surface area contributed by atoms with E-state index >= 15 is 0 Å². The van der Waals surface area contributed by atoms with Gasteiger partial charge in [0.2, 0.25) is 0 Å². The van der Waals surface area contributed by atoms with Gasteiger partial charge in [-0.05, 0) is 37.5 Å².